The molecule has 7 rings (SSSR count). The smallest absolute Gasteiger partial charge is 0.320 e. The molecular weight excluding hydrogens is 717 g/mol. The molecule has 3 aromatic rings. The number of carbonyl (C=O) groups is 3. The van der Waals surface area contributed by atoms with Gasteiger partial charge in [-0.2, -0.15) is 0 Å². The molecule has 15 heteroatoms. The summed E-state index contributed by atoms with van der Waals surface area (Å²) in [5.41, 5.74) is 1.08. The van der Waals surface area contributed by atoms with Gasteiger partial charge in [0.1, 0.15) is 45.6 Å². The zero-order valence-electron chi connectivity index (χ0n) is 30.3. The number of ether oxygens (including phenoxy) is 2. The maximum Gasteiger partial charge on any atom is 0.320 e. The van der Waals surface area contributed by atoms with Crippen molar-refractivity contribution in [2.24, 2.45) is 5.92 Å². The summed E-state index contributed by atoms with van der Waals surface area (Å²) < 4.78 is 39.8. The first-order valence-corrected chi connectivity index (χ1v) is 20.3. The van der Waals surface area contributed by atoms with Crippen LogP contribution in [0.3, 0.4) is 0 Å². The molecule has 2 aliphatic heterocycles. The molecule has 0 unspecified atom stereocenters. The number of benzene rings is 1. The summed E-state index contributed by atoms with van der Waals surface area (Å²) in [7, 11) is -0.629. The van der Waals surface area contributed by atoms with Crippen molar-refractivity contribution in [3.05, 3.63) is 47.0 Å². The second-order valence-corrected chi connectivity index (χ2v) is 17.8. The predicted molar refractivity (Wildman–Crippen MR) is 201 cm³/mol. The Labute approximate surface area is 313 Å². The number of amides is 4. The first kappa shape index (κ1) is 36.7. The zero-order valence-corrected chi connectivity index (χ0v) is 31.9. The van der Waals surface area contributed by atoms with Crippen LogP contribution in [0.15, 0.2) is 35.7 Å². The van der Waals surface area contributed by atoms with Gasteiger partial charge in [0.2, 0.25) is 15.9 Å². The fourth-order valence-electron chi connectivity index (χ4n) is 7.21. The maximum absolute atomic E-state index is 14.4. The van der Waals surface area contributed by atoms with Gasteiger partial charge in [0.05, 0.1) is 17.4 Å². The Hall–Kier alpha value is -4.68. The van der Waals surface area contributed by atoms with Crippen molar-refractivity contribution in [2.45, 2.75) is 87.6 Å². The summed E-state index contributed by atoms with van der Waals surface area (Å²) in [5.74, 6) is 2.07. The number of fused-ring (bicyclic) bond motifs is 3. The number of nitrogens with one attached hydrogen (secondary N) is 2. The van der Waals surface area contributed by atoms with Crippen molar-refractivity contribution in [3.63, 3.8) is 0 Å². The highest BCUT2D eigenvalue weighted by molar-refractivity contribution is 7.91. The number of methoxy groups -OCH3 is 1. The molecule has 0 radical (unpaired) electrons. The topological polar surface area (TPSA) is 160 Å². The Bertz CT molecular complexity index is 2160. The summed E-state index contributed by atoms with van der Waals surface area (Å²) in [6.07, 6.45) is 13.0. The molecule has 0 spiro atoms. The van der Waals surface area contributed by atoms with Crippen LogP contribution in [0.5, 0.6) is 11.5 Å². The van der Waals surface area contributed by atoms with Gasteiger partial charge in [-0.25, -0.2) is 23.2 Å². The van der Waals surface area contributed by atoms with E-state index in [1.54, 1.807) is 36.3 Å². The van der Waals surface area contributed by atoms with Gasteiger partial charge in [-0.15, -0.1) is 17.8 Å². The van der Waals surface area contributed by atoms with E-state index in [1.807, 2.05) is 37.3 Å². The van der Waals surface area contributed by atoms with E-state index in [4.69, 9.17) is 20.9 Å². The van der Waals surface area contributed by atoms with Crippen LogP contribution in [-0.2, 0) is 19.6 Å². The lowest BCUT2D eigenvalue weighted by Gasteiger charge is -2.40. The number of aryl methyl sites for hydroxylation is 1. The van der Waals surface area contributed by atoms with Crippen LogP contribution in [0.1, 0.15) is 69.5 Å². The molecule has 4 heterocycles. The molecule has 53 heavy (non-hydrogen) atoms. The summed E-state index contributed by atoms with van der Waals surface area (Å²) in [6, 6.07) is 4.25. The average Bonchev–Trinajstić information content (AvgIpc) is 4.01. The van der Waals surface area contributed by atoms with Gasteiger partial charge in [0.25, 0.3) is 5.91 Å². The van der Waals surface area contributed by atoms with E-state index in [0.717, 1.165) is 30.2 Å². The number of piperidine rings is 1. The molecule has 4 amide bonds. The minimum Gasteiger partial charge on any atom is -0.496 e. The van der Waals surface area contributed by atoms with Crippen molar-refractivity contribution in [2.75, 3.05) is 27.2 Å². The summed E-state index contributed by atoms with van der Waals surface area (Å²) >= 11 is 1.37. The van der Waals surface area contributed by atoms with Crippen LogP contribution < -0.4 is 19.5 Å². The Morgan fingerprint density at radius 1 is 1.17 bits per heavy atom. The molecule has 2 N–H and O–H groups in total. The lowest BCUT2D eigenvalue weighted by molar-refractivity contribution is -0.133. The summed E-state index contributed by atoms with van der Waals surface area (Å²) in [5, 5.41) is 6.08. The quantitative estimate of drug-likeness (QED) is 0.261. The van der Waals surface area contributed by atoms with Crippen molar-refractivity contribution in [1.29, 1.82) is 0 Å². The molecular formula is C38H44N6O7S2. The number of sulfonamides is 1. The van der Waals surface area contributed by atoms with E-state index in [2.05, 4.69) is 20.9 Å². The second-order valence-electron chi connectivity index (χ2n) is 14.7. The number of allylic oxidation sites excluding steroid dienone is 1. The molecule has 2 aromatic heterocycles. The minimum absolute atomic E-state index is 0.132. The van der Waals surface area contributed by atoms with Gasteiger partial charge >= 0.3 is 6.03 Å². The maximum atomic E-state index is 14.4. The van der Waals surface area contributed by atoms with Crippen LogP contribution in [0.4, 0.5) is 4.79 Å². The van der Waals surface area contributed by atoms with Gasteiger partial charge < -0.3 is 24.6 Å². The minimum atomic E-state index is -3.95. The Morgan fingerprint density at radius 3 is 2.68 bits per heavy atom. The number of hydrogen-bond donors (Lipinski definition) is 2. The van der Waals surface area contributed by atoms with Crippen molar-refractivity contribution in [1.82, 2.24) is 29.8 Å². The lowest BCUT2D eigenvalue weighted by atomic mass is 9.97. The normalized spacial score (nSPS) is 26.3. The van der Waals surface area contributed by atoms with E-state index < -0.39 is 44.3 Å². The standard InChI is InChI=1S/C38H44N6O7S2/c1-6-25-22-52-34(39-25)28-20-31(27-12-13-30(50-5)23(2)32(27)40-28)51-26-14-18-44-29(19-26)33(45)41-38(35(46)42-53(48,49)37(3)15-16-37)21-24(38)11-9-7-8-10-17-43(4)36(44)47/h1,9,11-13,20,22,24,26,29H,7-8,10,14-19,21H2,2-5H3,(H,41,45)(H,42,46)/b11-9+/t24-,26+,29+,38-/m1/s1. The fraction of sp³-hybridized carbons (Fsp3) is 0.500. The van der Waals surface area contributed by atoms with Crippen LogP contribution in [0, 0.1) is 25.2 Å². The SMILES string of the molecule is C#Cc1csc(-c2cc(O[C@H]3CCN4C(=O)N(C)CCCC/C=C/[C@@H]5C[C@@]5(C(=O)NS(=O)(=O)C5(C)CC5)NC(=O)[C@@H]4C3)c3ccc(OC)c(C)c3n2)n1. The Morgan fingerprint density at radius 2 is 1.96 bits per heavy atom. The van der Waals surface area contributed by atoms with E-state index in [0.29, 0.717) is 59.2 Å². The van der Waals surface area contributed by atoms with Crippen molar-refractivity contribution >= 4 is 50.1 Å². The molecule has 13 nitrogen and oxygen atoms in total. The number of rotatable bonds is 7. The summed E-state index contributed by atoms with van der Waals surface area (Å²) in [6.45, 7) is 4.27. The highest BCUT2D eigenvalue weighted by Crippen LogP contribution is 2.47. The molecule has 4 aliphatic rings. The number of thiazole rings is 1. The van der Waals surface area contributed by atoms with Gasteiger partial charge in [0.15, 0.2) is 0 Å². The molecule has 1 saturated heterocycles. The number of terminal acetylenes is 1. The molecule has 2 saturated carbocycles. The third-order valence-electron chi connectivity index (χ3n) is 11.0. The number of hydrogen-bond acceptors (Lipinski definition) is 10. The molecule has 2 aliphatic carbocycles. The number of aromatic nitrogens is 2. The highest BCUT2D eigenvalue weighted by atomic mass is 32.2. The van der Waals surface area contributed by atoms with Crippen LogP contribution in [0.25, 0.3) is 21.6 Å². The number of pyridine rings is 1. The summed E-state index contributed by atoms with van der Waals surface area (Å²) in [4.78, 5) is 54.7. The van der Waals surface area contributed by atoms with Gasteiger partial charge in [-0.05, 0) is 70.4 Å². The predicted octanol–water partition coefficient (Wildman–Crippen LogP) is 4.53. The van der Waals surface area contributed by atoms with Crippen molar-refractivity contribution < 1.29 is 32.3 Å². The third-order valence-corrected chi connectivity index (χ3v) is 14.1. The van der Waals surface area contributed by atoms with Crippen LogP contribution in [-0.4, -0.2) is 95.7 Å². The molecule has 1 aromatic carbocycles. The molecule has 0 bridgehead atoms. The Balaban J connectivity index is 1.21. The first-order chi connectivity index (χ1) is 25.3. The largest absolute Gasteiger partial charge is 0.496 e. The van der Waals surface area contributed by atoms with Gasteiger partial charge in [-0.1, -0.05) is 12.2 Å². The lowest BCUT2D eigenvalue weighted by Crippen LogP contribution is -2.61. The van der Waals surface area contributed by atoms with Crippen molar-refractivity contribution in [3.8, 4) is 34.5 Å². The molecule has 280 valence electrons. The van der Waals surface area contributed by atoms with Crippen LogP contribution in [0.2, 0.25) is 0 Å². The second kappa shape index (κ2) is 13.9. The van der Waals surface area contributed by atoms with Gasteiger partial charge in [0, 0.05) is 61.3 Å². The monoisotopic (exact) mass is 760 g/mol. The Kier molecular flexibility index (Phi) is 9.65. The highest BCUT2D eigenvalue weighted by Gasteiger charge is 2.63. The van der Waals surface area contributed by atoms with E-state index >= 15 is 0 Å². The van der Waals surface area contributed by atoms with Gasteiger partial charge in [-0.3, -0.25) is 14.3 Å². The third kappa shape index (κ3) is 6.94. The number of nitrogens with zero attached hydrogens (tertiary/aromatic N) is 4. The fourth-order valence-corrected chi connectivity index (χ4v) is 9.25. The van der Waals surface area contributed by atoms with E-state index in [1.165, 1.54) is 11.3 Å². The van der Waals surface area contributed by atoms with Crippen LogP contribution >= 0.6 is 11.3 Å². The molecule has 4 atom stereocenters. The molecule has 3 fully saturated rings. The number of urea groups is 1. The average molecular weight is 761 g/mol. The van der Waals surface area contributed by atoms with E-state index in [-0.39, 0.29) is 31.3 Å². The number of carbonyl (C=O) groups excluding carboxylic acids is 3. The van der Waals surface area contributed by atoms with E-state index in [9.17, 15) is 22.8 Å². The first-order valence-electron chi connectivity index (χ1n) is 17.9. The zero-order chi connectivity index (χ0) is 37.7.